The molecule has 136 valence electrons. The molecule has 1 heterocycles. The molecule has 2 aromatic carbocycles. The fourth-order valence-corrected chi connectivity index (χ4v) is 3.41. The van der Waals surface area contributed by atoms with E-state index >= 15 is 0 Å². The summed E-state index contributed by atoms with van der Waals surface area (Å²) < 4.78 is 0. The highest BCUT2D eigenvalue weighted by molar-refractivity contribution is 6.35. The molecule has 8 heteroatoms. The van der Waals surface area contributed by atoms with Crippen molar-refractivity contribution in [2.75, 3.05) is 18.5 Å². The maximum Gasteiger partial charge on any atom is 0.244 e. The van der Waals surface area contributed by atoms with Crippen LogP contribution in [0.2, 0.25) is 15.1 Å². The molecule has 3 rings (SSSR count). The van der Waals surface area contributed by atoms with E-state index in [0.717, 1.165) is 5.56 Å². The van der Waals surface area contributed by atoms with Crippen molar-refractivity contribution in [2.24, 2.45) is 0 Å². The Morgan fingerprint density at radius 1 is 1.08 bits per heavy atom. The van der Waals surface area contributed by atoms with Gasteiger partial charge in [0, 0.05) is 33.2 Å². The van der Waals surface area contributed by atoms with Gasteiger partial charge in [-0.3, -0.25) is 14.9 Å². The van der Waals surface area contributed by atoms with E-state index in [1.807, 2.05) is 12.1 Å². The molecule has 1 atom stereocenters. The number of hydrogen-bond donors (Lipinski definition) is 2. The summed E-state index contributed by atoms with van der Waals surface area (Å²) in [5, 5.41) is 7.46. The Balaban J connectivity index is 1.57. The van der Waals surface area contributed by atoms with E-state index in [4.69, 9.17) is 34.8 Å². The second-order valence-corrected chi connectivity index (χ2v) is 7.28. The van der Waals surface area contributed by atoms with Crippen LogP contribution in [0.25, 0.3) is 0 Å². The van der Waals surface area contributed by atoms with E-state index in [-0.39, 0.29) is 37.5 Å². The van der Waals surface area contributed by atoms with Gasteiger partial charge < -0.3 is 10.2 Å². The Hall–Kier alpha value is -1.79. The zero-order valence-corrected chi connectivity index (χ0v) is 15.9. The maximum absolute atomic E-state index is 12.4. The van der Waals surface area contributed by atoms with Crippen molar-refractivity contribution in [1.29, 1.82) is 0 Å². The van der Waals surface area contributed by atoms with Crippen LogP contribution in [0.4, 0.5) is 5.69 Å². The predicted molar refractivity (Wildman–Crippen MR) is 104 cm³/mol. The highest BCUT2D eigenvalue weighted by Gasteiger charge is 2.27. The molecule has 1 unspecified atom stereocenters. The van der Waals surface area contributed by atoms with E-state index in [2.05, 4.69) is 10.6 Å². The fraction of sp³-hybridized carbons (Fsp3) is 0.222. The lowest BCUT2D eigenvalue weighted by atomic mass is 10.0. The van der Waals surface area contributed by atoms with Crippen LogP contribution in [0.3, 0.4) is 0 Å². The van der Waals surface area contributed by atoms with Crippen LogP contribution >= 0.6 is 34.8 Å². The normalized spacial score (nSPS) is 17.3. The fourth-order valence-electron chi connectivity index (χ4n) is 2.76. The third kappa shape index (κ3) is 4.89. The van der Waals surface area contributed by atoms with Gasteiger partial charge in [-0.1, -0.05) is 46.9 Å². The van der Waals surface area contributed by atoms with Crippen molar-refractivity contribution in [3.8, 4) is 0 Å². The van der Waals surface area contributed by atoms with Gasteiger partial charge in [0.2, 0.25) is 11.8 Å². The van der Waals surface area contributed by atoms with E-state index in [1.54, 1.807) is 30.3 Å². The highest BCUT2D eigenvalue weighted by atomic mass is 35.5. The molecule has 2 N–H and O–H groups in total. The summed E-state index contributed by atoms with van der Waals surface area (Å²) in [5.74, 6) is -0.411. The Morgan fingerprint density at radius 2 is 1.73 bits per heavy atom. The minimum atomic E-state index is -0.316. The summed E-state index contributed by atoms with van der Waals surface area (Å²) in [7, 11) is 0. The Labute approximate surface area is 166 Å². The first-order chi connectivity index (χ1) is 12.4. The molecular weight excluding hydrogens is 397 g/mol. The standard InChI is InChI=1S/C18H16Cl3N3O2/c19-12-3-1-11(2-4-12)16-8-18(26)24(10-22-16)9-17(25)23-15-6-13(20)5-14(21)7-15/h1-7,16,22H,8-10H2,(H,23,25). The molecule has 1 fully saturated rings. The first-order valence-corrected chi connectivity index (χ1v) is 9.06. The predicted octanol–water partition coefficient (Wildman–Crippen LogP) is 4.11. The number of anilines is 1. The summed E-state index contributed by atoms with van der Waals surface area (Å²) >= 11 is 17.7. The zero-order chi connectivity index (χ0) is 18.7. The number of carbonyl (C=O) groups excluding carboxylic acids is 2. The molecular formula is C18H16Cl3N3O2. The van der Waals surface area contributed by atoms with E-state index in [0.29, 0.717) is 20.8 Å². The Morgan fingerprint density at radius 3 is 2.35 bits per heavy atom. The lowest BCUT2D eigenvalue weighted by Crippen LogP contribution is -2.49. The smallest absolute Gasteiger partial charge is 0.244 e. The monoisotopic (exact) mass is 411 g/mol. The number of benzene rings is 2. The molecule has 5 nitrogen and oxygen atoms in total. The molecule has 0 aromatic heterocycles. The van der Waals surface area contributed by atoms with E-state index in [9.17, 15) is 9.59 Å². The third-order valence-corrected chi connectivity index (χ3v) is 4.70. The molecule has 2 aromatic rings. The summed E-state index contributed by atoms with van der Waals surface area (Å²) in [6, 6.07) is 12.0. The largest absolute Gasteiger partial charge is 0.324 e. The molecule has 0 spiro atoms. The van der Waals surface area contributed by atoms with Gasteiger partial charge in [0.15, 0.2) is 0 Å². The zero-order valence-electron chi connectivity index (χ0n) is 13.6. The molecule has 1 aliphatic rings. The van der Waals surface area contributed by atoms with Crippen molar-refractivity contribution >= 4 is 52.3 Å². The van der Waals surface area contributed by atoms with E-state index < -0.39 is 0 Å². The molecule has 0 saturated carbocycles. The molecule has 26 heavy (non-hydrogen) atoms. The number of carbonyl (C=O) groups is 2. The molecule has 0 aliphatic carbocycles. The number of nitrogens with one attached hydrogen (secondary N) is 2. The second-order valence-electron chi connectivity index (χ2n) is 5.97. The summed E-state index contributed by atoms with van der Waals surface area (Å²) in [6.07, 6.45) is 0.276. The number of amides is 2. The first-order valence-electron chi connectivity index (χ1n) is 7.93. The van der Waals surface area contributed by atoms with Crippen LogP contribution in [-0.2, 0) is 9.59 Å². The van der Waals surface area contributed by atoms with Crippen molar-refractivity contribution in [2.45, 2.75) is 12.5 Å². The molecule has 1 saturated heterocycles. The first kappa shape index (κ1) is 19.0. The van der Waals surface area contributed by atoms with Gasteiger partial charge in [-0.25, -0.2) is 0 Å². The van der Waals surface area contributed by atoms with Crippen LogP contribution in [-0.4, -0.2) is 29.9 Å². The number of nitrogens with zero attached hydrogens (tertiary/aromatic N) is 1. The maximum atomic E-state index is 12.4. The Kier molecular flexibility index (Phi) is 6.04. The van der Waals surface area contributed by atoms with Crippen molar-refractivity contribution in [3.63, 3.8) is 0 Å². The number of hydrogen-bond acceptors (Lipinski definition) is 3. The second kappa shape index (κ2) is 8.27. The average molecular weight is 413 g/mol. The van der Waals surface area contributed by atoms with E-state index in [1.165, 1.54) is 4.90 Å². The van der Waals surface area contributed by atoms with Gasteiger partial charge in [0.05, 0.1) is 6.67 Å². The number of halogens is 3. The average Bonchev–Trinajstić information content (AvgIpc) is 2.56. The van der Waals surface area contributed by atoms with Crippen LogP contribution in [0.5, 0.6) is 0 Å². The van der Waals surface area contributed by atoms with Crippen LogP contribution < -0.4 is 10.6 Å². The SMILES string of the molecule is O=C(CN1CNC(c2ccc(Cl)cc2)CC1=O)Nc1cc(Cl)cc(Cl)c1. The van der Waals surface area contributed by atoms with Crippen LogP contribution in [0, 0.1) is 0 Å². The summed E-state index contributed by atoms with van der Waals surface area (Å²) in [4.78, 5) is 26.0. The number of rotatable bonds is 4. The van der Waals surface area contributed by atoms with Crippen LogP contribution in [0.1, 0.15) is 18.0 Å². The van der Waals surface area contributed by atoms with Gasteiger partial charge in [0.25, 0.3) is 0 Å². The molecule has 1 aliphatic heterocycles. The molecule has 0 radical (unpaired) electrons. The topological polar surface area (TPSA) is 61.4 Å². The van der Waals surface area contributed by atoms with Gasteiger partial charge in [-0.2, -0.15) is 0 Å². The molecule has 0 bridgehead atoms. The third-order valence-electron chi connectivity index (χ3n) is 4.01. The lowest BCUT2D eigenvalue weighted by molar-refractivity contribution is -0.138. The van der Waals surface area contributed by atoms with Crippen LogP contribution in [0.15, 0.2) is 42.5 Å². The minimum absolute atomic E-state index is 0.0523. The van der Waals surface area contributed by atoms with Crippen molar-refractivity contribution in [3.05, 3.63) is 63.1 Å². The highest BCUT2D eigenvalue weighted by Crippen LogP contribution is 2.24. The molecule has 2 amide bonds. The van der Waals surface area contributed by atoms with Gasteiger partial charge in [-0.15, -0.1) is 0 Å². The van der Waals surface area contributed by atoms with Gasteiger partial charge in [-0.05, 0) is 35.9 Å². The van der Waals surface area contributed by atoms with Gasteiger partial charge in [0.1, 0.15) is 6.54 Å². The van der Waals surface area contributed by atoms with Crippen molar-refractivity contribution < 1.29 is 9.59 Å². The summed E-state index contributed by atoms with van der Waals surface area (Å²) in [6.45, 7) is 0.235. The quantitative estimate of drug-likeness (QED) is 0.794. The Bertz CT molecular complexity index is 807. The minimum Gasteiger partial charge on any atom is -0.324 e. The lowest BCUT2D eigenvalue weighted by Gasteiger charge is -2.32. The summed E-state index contributed by atoms with van der Waals surface area (Å²) in [5.41, 5.74) is 1.48. The van der Waals surface area contributed by atoms with Gasteiger partial charge >= 0.3 is 0 Å². The van der Waals surface area contributed by atoms with Crippen molar-refractivity contribution in [1.82, 2.24) is 10.2 Å².